The summed E-state index contributed by atoms with van der Waals surface area (Å²) in [7, 11) is -3.22. The van der Waals surface area contributed by atoms with Crippen LogP contribution >= 0.6 is 0 Å². The van der Waals surface area contributed by atoms with Crippen LogP contribution in [0.5, 0.6) is 5.75 Å². The Morgan fingerprint density at radius 2 is 1.92 bits per heavy atom. The molecule has 1 heterocycles. The third kappa shape index (κ3) is 4.39. The highest BCUT2D eigenvalue weighted by Crippen LogP contribution is 2.36. The number of nitrogens with one attached hydrogen (secondary N) is 1. The van der Waals surface area contributed by atoms with Gasteiger partial charge in [0, 0.05) is 18.5 Å². The van der Waals surface area contributed by atoms with Crippen LogP contribution in [-0.2, 0) is 23.0 Å². The monoisotopic (exact) mass is 360 g/mol. The summed E-state index contributed by atoms with van der Waals surface area (Å²) in [6, 6.07) is 16.0. The molecular formula is C19H24N2O3S. The largest absolute Gasteiger partial charge is 0.492 e. The minimum atomic E-state index is -3.22. The van der Waals surface area contributed by atoms with Gasteiger partial charge in [0.25, 0.3) is 0 Å². The molecule has 5 nitrogen and oxygen atoms in total. The first-order valence-electron chi connectivity index (χ1n) is 8.51. The van der Waals surface area contributed by atoms with E-state index < -0.39 is 10.0 Å². The highest BCUT2D eigenvalue weighted by atomic mass is 32.2. The summed E-state index contributed by atoms with van der Waals surface area (Å²) in [6.07, 6.45) is 0.836. The quantitative estimate of drug-likeness (QED) is 0.827. The standard InChI is InChI=1S/C19H24N2O3S/c1-2-25(22,23)21-12-15-8-9-19-17(11-15)16(18(20)13-24-19)10-14-6-4-3-5-7-14/h3-9,11,16,18,21H,2,10,12-13,20H2,1H3/t16-,18-/m0/s1. The predicted octanol–water partition coefficient (Wildman–Crippen LogP) is 2.17. The molecule has 0 bridgehead atoms. The third-order valence-corrected chi connectivity index (χ3v) is 5.94. The number of nitrogens with two attached hydrogens (primary N) is 1. The molecular weight excluding hydrogens is 336 g/mol. The molecule has 0 aliphatic carbocycles. The van der Waals surface area contributed by atoms with Crippen LogP contribution in [0.3, 0.4) is 0 Å². The first-order chi connectivity index (χ1) is 12.0. The van der Waals surface area contributed by atoms with Crippen LogP contribution in [0.2, 0.25) is 0 Å². The lowest BCUT2D eigenvalue weighted by Crippen LogP contribution is -2.39. The fraction of sp³-hybridized carbons (Fsp3) is 0.368. The number of ether oxygens (including phenoxy) is 1. The van der Waals surface area contributed by atoms with E-state index in [2.05, 4.69) is 16.9 Å². The smallest absolute Gasteiger partial charge is 0.211 e. The molecule has 0 radical (unpaired) electrons. The Labute approximate surface area is 149 Å². The van der Waals surface area contributed by atoms with Gasteiger partial charge in [0.2, 0.25) is 10.0 Å². The minimum absolute atomic E-state index is 0.0720. The maximum atomic E-state index is 11.7. The average molecular weight is 360 g/mol. The molecule has 3 rings (SSSR count). The first kappa shape index (κ1) is 17.9. The van der Waals surface area contributed by atoms with Crippen molar-refractivity contribution in [2.24, 2.45) is 5.73 Å². The van der Waals surface area contributed by atoms with Gasteiger partial charge in [0.15, 0.2) is 0 Å². The number of hydrogen-bond donors (Lipinski definition) is 2. The van der Waals surface area contributed by atoms with Crippen molar-refractivity contribution in [3.05, 3.63) is 65.2 Å². The van der Waals surface area contributed by atoms with Crippen molar-refractivity contribution < 1.29 is 13.2 Å². The lowest BCUT2D eigenvalue weighted by molar-refractivity contribution is 0.238. The minimum Gasteiger partial charge on any atom is -0.492 e. The molecule has 6 heteroatoms. The Morgan fingerprint density at radius 1 is 1.16 bits per heavy atom. The molecule has 2 aromatic carbocycles. The Kier molecular flexibility index (Phi) is 5.42. The van der Waals surface area contributed by atoms with Gasteiger partial charge >= 0.3 is 0 Å². The van der Waals surface area contributed by atoms with Crippen molar-refractivity contribution in [3.8, 4) is 5.75 Å². The SMILES string of the molecule is CCS(=O)(=O)NCc1ccc2c(c1)[C@H](Cc1ccccc1)[C@@H](N)CO2. The van der Waals surface area contributed by atoms with E-state index in [0.29, 0.717) is 6.61 Å². The van der Waals surface area contributed by atoms with Gasteiger partial charge in [0.1, 0.15) is 12.4 Å². The van der Waals surface area contributed by atoms with Crippen molar-refractivity contribution in [3.63, 3.8) is 0 Å². The molecule has 0 saturated carbocycles. The summed E-state index contributed by atoms with van der Waals surface area (Å²) >= 11 is 0. The van der Waals surface area contributed by atoms with Gasteiger partial charge < -0.3 is 10.5 Å². The molecule has 2 aromatic rings. The molecule has 1 aliphatic heterocycles. The molecule has 0 saturated heterocycles. The van der Waals surface area contributed by atoms with Gasteiger partial charge in [-0.3, -0.25) is 0 Å². The van der Waals surface area contributed by atoms with E-state index in [0.717, 1.165) is 23.3 Å². The van der Waals surface area contributed by atoms with E-state index in [1.165, 1.54) is 5.56 Å². The van der Waals surface area contributed by atoms with Gasteiger partial charge in [-0.25, -0.2) is 13.1 Å². The summed E-state index contributed by atoms with van der Waals surface area (Å²) in [5, 5.41) is 0. The van der Waals surface area contributed by atoms with Crippen LogP contribution in [-0.4, -0.2) is 26.8 Å². The lowest BCUT2D eigenvalue weighted by Gasteiger charge is -2.32. The summed E-state index contributed by atoms with van der Waals surface area (Å²) in [4.78, 5) is 0. The Bertz CT molecular complexity index is 822. The normalized spacial score (nSPS) is 19.9. The topological polar surface area (TPSA) is 81.4 Å². The van der Waals surface area contributed by atoms with E-state index >= 15 is 0 Å². The number of fused-ring (bicyclic) bond motifs is 1. The van der Waals surface area contributed by atoms with E-state index in [1.54, 1.807) is 6.92 Å². The number of sulfonamides is 1. The van der Waals surface area contributed by atoms with Crippen LogP contribution < -0.4 is 15.2 Å². The van der Waals surface area contributed by atoms with Crippen LogP contribution in [0.4, 0.5) is 0 Å². The van der Waals surface area contributed by atoms with Crippen LogP contribution in [0.1, 0.15) is 29.5 Å². The third-order valence-electron chi connectivity index (χ3n) is 4.60. The molecule has 3 N–H and O–H groups in total. The second-order valence-electron chi connectivity index (χ2n) is 6.37. The second kappa shape index (κ2) is 7.56. The molecule has 1 aliphatic rings. The fourth-order valence-electron chi connectivity index (χ4n) is 3.09. The average Bonchev–Trinajstić information content (AvgIpc) is 2.63. The zero-order valence-electron chi connectivity index (χ0n) is 14.3. The van der Waals surface area contributed by atoms with Crippen molar-refractivity contribution >= 4 is 10.0 Å². The molecule has 0 amide bonds. The molecule has 25 heavy (non-hydrogen) atoms. The van der Waals surface area contributed by atoms with Crippen molar-refractivity contribution in [1.82, 2.24) is 4.72 Å². The Hall–Kier alpha value is -1.89. The fourth-order valence-corrected chi connectivity index (χ4v) is 3.68. The first-order valence-corrected chi connectivity index (χ1v) is 10.2. The maximum Gasteiger partial charge on any atom is 0.211 e. The molecule has 0 aromatic heterocycles. The van der Waals surface area contributed by atoms with Gasteiger partial charge in [-0.1, -0.05) is 42.5 Å². The zero-order valence-corrected chi connectivity index (χ0v) is 15.1. The zero-order chi connectivity index (χ0) is 17.9. The van der Waals surface area contributed by atoms with Crippen LogP contribution in [0, 0.1) is 0 Å². The highest BCUT2D eigenvalue weighted by Gasteiger charge is 2.28. The van der Waals surface area contributed by atoms with Gasteiger partial charge in [-0.05, 0) is 36.1 Å². The lowest BCUT2D eigenvalue weighted by atomic mass is 9.84. The molecule has 0 unspecified atom stereocenters. The number of hydrogen-bond acceptors (Lipinski definition) is 4. The summed E-state index contributed by atoms with van der Waals surface area (Å²) in [5.41, 5.74) is 9.51. The summed E-state index contributed by atoms with van der Waals surface area (Å²) < 4.78 is 31.7. The van der Waals surface area contributed by atoms with Crippen molar-refractivity contribution in [1.29, 1.82) is 0 Å². The van der Waals surface area contributed by atoms with E-state index in [9.17, 15) is 8.42 Å². The molecule has 134 valence electrons. The van der Waals surface area contributed by atoms with E-state index in [-0.39, 0.29) is 24.3 Å². The van der Waals surface area contributed by atoms with E-state index in [1.807, 2.05) is 36.4 Å². The molecule has 0 fully saturated rings. The highest BCUT2D eigenvalue weighted by molar-refractivity contribution is 7.89. The van der Waals surface area contributed by atoms with E-state index in [4.69, 9.17) is 10.5 Å². The van der Waals surface area contributed by atoms with Crippen LogP contribution in [0.25, 0.3) is 0 Å². The number of benzene rings is 2. The van der Waals surface area contributed by atoms with Gasteiger partial charge in [0.05, 0.1) is 5.75 Å². The van der Waals surface area contributed by atoms with Crippen molar-refractivity contribution in [2.45, 2.75) is 31.8 Å². The van der Waals surface area contributed by atoms with Gasteiger partial charge in [-0.15, -0.1) is 0 Å². The Morgan fingerprint density at radius 3 is 2.64 bits per heavy atom. The molecule has 2 atom stereocenters. The second-order valence-corrected chi connectivity index (χ2v) is 8.46. The van der Waals surface area contributed by atoms with Crippen LogP contribution in [0.15, 0.2) is 48.5 Å². The summed E-state index contributed by atoms with van der Waals surface area (Å²) in [5.74, 6) is 1.06. The van der Waals surface area contributed by atoms with Gasteiger partial charge in [-0.2, -0.15) is 0 Å². The summed E-state index contributed by atoms with van der Waals surface area (Å²) in [6.45, 7) is 2.39. The van der Waals surface area contributed by atoms with Crippen molar-refractivity contribution in [2.75, 3.05) is 12.4 Å². The predicted molar refractivity (Wildman–Crippen MR) is 99.1 cm³/mol. The maximum absolute atomic E-state index is 11.7. The number of rotatable bonds is 6. The Balaban J connectivity index is 1.84. The molecule has 0 spiro atoms.